The van der Waals surface area contributed by atoms with Crippen LogP contribution in [0.3, 0.4) is 0 Å². The molecule has 10 heavy (non-hydrogen) atoms. The summed E-state index contributed by atoms with van der Waals surface area (Å²) in [6.07, 6.45) is -2.57. The van der Waals surface area contributed by atoms with Gasteiger partial charge in [0.2, 0.25) is 0 Å². The van der Waals surface area contributed by atoms with Gasteiger partial charge in [-0.05, 0) is 13.1 Å². The van der Waals surface area contributed by atoms with Gasteiger partial charge in [0.25, 0.3) is 0 Å². The van der Waals surface area contributed by atoms with E-state index in [-0.39, 0.29) is 0 Å². The third-order valence-electron chi connectivity index (χ3n) is 0.639. The van der Waals surface area contributed by atoms with Crippen molar-refractivity contribution >= 4 is 5.91 Å². The molecule has 0 aromatic rings. The summed E-state index contributed by atoms with van der Waals surface area (Å²) in [5.41, 5.74) is 0. The Kier molecular flexibility index (Phi) is 2.92. The molecular formula is C5H6F3NO. The van der Waals surface area contributed by atoms with Gasteiger partial charge in [-0.3, -0.25) is 4.79 Å². The molecule has 0 atom stereocenters. The molecule has 0 aromatic carbocycles. The highest BCUT2D eigenvalue weighted by atomic mass is 19.4. The molecule has 0 saturated heterocycles. The maximum Gasteiger partial charge on any atom is 0.471 e. The lowest BCUT2D eigenvalue weighted by Crippen LogP contribution is -2.33. The van der Waals surface area contributed by atoms with Crippen molar-refractivity contribution < 1.29 is 18.0 Å². The summed E-state index contributed by atoms with van der Waals surface area (Å²) in [4.78, 5) is 9.94. The molecule has 0 heterocycles. The van der Waals surface area contributed by atoms with E-state index < -0.39 is 12.1 Å². The number of carbonyl (C=O) groups excluding carboxylic acids is 1. The first-order chi connectivity index (χ1) is 4.48. The Labute approximate surface area is 55.7 Å². The number of carbonyl (C=O) groups is 1. The van der Waals surface area contributed by atoms with Gasteiger partial charge in [0.1, 0.15) is 0 Å². The molecule has 0 aromatic heterocycles. The molecule has 0 rings (SSSR count). The number of hydrogen-bond acceptors (Lipinski definition) is 1. The SMILES string of the molecule is C/C=C/NC(=O)C(F)(F)F. The van der Waals surface area contributed by atoms with Gasteiger partial charge >= 0.3 is 12.1 Å². The van der Waals surface area contributed by atoms with Crippen molar-refractivity contribution in [2.75, 3.05) is 0 Å². The van der Waals surface area contributed by atoms with Crippen LogP contribution in [0.15, 0.2) is 12.3 Å². The number of allylic oxidation sites excluding steroid dienone is 1. The minimum absolute atomic E-state index is 0.926. The van der Waals surface area contributed by atoms with E-state index in [1.807, 2.05) is 0 Å². The molecule has 0 spiro atoms. The Morgan fingerprint density at radius 1 is 1.50 bits per heavy atom. The second kappa shape index (κ2) is 3.24. The Hall–Kier alpha value is -1.00. The Balaban J connectivity index is 3.86. The number of nitrogens with one attached hydrogen (secondary N) is 1. The van der Waals surface area contributed by atoms with Gasteiger partial charge in [0.15, 0.2) is 0 Å². The molecule has 5 heteroatoms. The Morgan fingerprint density at radius 2 is 2.00 bits per heavy atom. The normalized spacial score (nSPS) is 12.0. The van der Waals surface area contributed by atoms with Crippen LogP contribution in [0, 0.1) is 0 Å². The largest absolute Gasteiger partial charge is 0.471 e. The van der Waals surface area contributed by atoms with Crippen molar-refractivity contribution in [1.29, 1.82) is 0 Å². The first-order valence-electron chi connectivity index (χ1n) is 2.47. The van der Waals surface area contributed by atoms with Gasteiger partial charge in [0.05, 0.1) is 0 Å². The van der Waals surface area contributed by atoms with Crippen LogP contribution in [0.2, 0.25) is 0 Å². The summed E-state index contributed by atoms with van der Waals surface area (Å²) in [5, 5.41) is 1.53. The number of amides is 1. The van der Waals surface area contributed by atoms with Crippen molar-refractivity contribution in [2.45, 2.75) is 13.1 Å². The zero-order chi connectivity index (χ0) is 8.20. The lowest BCUT2D eigenvalue weighted by atomic mass is 10.6. The van der Waals surface area contributed by atoms with Crippen LogP contribution in [0.5, 0.6) is 0 Å². The van der Waals surface area contributed by atoms with Crippen LogP contribution in [-0.2, 0) is 4.79 Å². The molecule has 0 aliphatic heterocycles. The van der Waals surface area contributed by atoms with Crippen LogP contribution in [-0.4, -0.2) is 12.1 Å². The van der Waals surface area contributed by atoms with Crippen molar-refractivity contribution in [3.63, 3.8) is 0 Å². The highest BCUT2D eigenvalue weighted by molar-refractivity contribution is 5.82. The Bertz CT molecular complexity index is 149. The number of halogens is 3. The summed E-state index contributed by atoms with van der Waals surface area (Å²) >= 11 is 0. The molecule has 0 fully saturated rings. The maximum atomic E-state index is 11.3. The summed E-state index contributed by atoms with van der Waals surface area (Å²) in [6.45, 7) is 1.50. The molecule has 1 amide bonds. The van der Waals surface area contributed by atoms with Gasteiger partial charge in [-0.15, -0.1) is 0 Å². The van der Waals surface area contributed by atoms with Gasteiger partial charge < -0.3 is 5.32 Å². The third-order valence-corrected chi connectivity index (χ3v) is 0.639. The van der Waals surface area contributed by atoms with Crippen LogP contribution in [0.1, 0.15) is 6.92 Å². The lowest BCUT2D eigenvalue weighted by molar-refractivity contribution is -0.172. The zero-order valence-electron chi connectivity index (χ0n) is 5.20. The van der Waals surface area contributed by atoms with E-state index >= 15 is 0 Å². The average Bonchev–Trinajstić information content (AvgIpc) is 1.80. The average molecular weight is 153 g/mol. The summed E-state index contributed by atoms with van der Waals surface area (Å²) < 4.78 is 34.0. The highest BCUT2D eigenvalue weighted by Crippen LogP contribution is 2.13. The molecule has 0 bridgehead atoms. The van der Waals surface area contributed by atoms with E-state index in [0.29, 0.717) is 0 Å². The monoisotopic (exact) mass is 153 g/mol. The highest BCUT2D eigenvalue weighted by Gasteiger charge is 2.37. The van der Waals surface area contributed by atoms with Crippen molar-refractivity contribution in [3.8, 4) is 0 Å². The molecular weight excluding hydrogens is 147 g/mol. The van der Waals surface area contributed by atoms with Gasteiger partial charge in [-0.2, -0.15) is 13.2 Å². The Morgan fingerprint density at radius 3 is 2.30 bits per heavy atom. The summed E-state index contributed by atoms with van der Waals surface area (Å²) in [7, 11) is 0. The van der Waals surface area contributed by atoms with Gasteiger partial charge in [-0.1, -0.05) is 6.08 Å². The fourth-order valence-electron chi connectivity index (χ4n) is 0.241. The zero-order valence-corrected chi connectivity index (χ0v) is 5.20. The fraction of sp³-hybridized carbons (Fsp3) is 0.400. The summed E-state index contributed by atoms with van der Waals surface area (Å²) in [5.74, 6) is -1.95. The van der Waals surface area contributed by atoms with Crippen LogP contribution in [0.25, 0.3) is 0 Å². The fourth-order valence-corrected chi connectivity index (χ4v) is 0.241. The van der Waals surface area contributed by atoms with E-state index in [0.717, 1.165) is 6.20 Å². The molecule has 1 N–H and O–H groups in total. The van der Waals surface area contributed by atoms with Crippen molar-refractivity contribution in [3.05, 3.63) is 12.3 Å². The first-order valence-corrected chi connectivity index (χ1v) is 2.47. The van der Waals surface area contributed by atoms with Crippen LogP contribution >= 0.6 is 0 Å². The van der Waals surface area contributed by atoms with E-state index in [1.54, 1.807) is 0 Å². The third kappa shape index (κ3) is 3.11. The summed E-state index contributed by atoms with van der Waals surface area (Å²) in [6, 6.07) is 0. The standard InChI is InChI=1S/C5H6F3NO/c1-2-3-9-4(10)5(6,7)8/h2-3H,1H3,(H,9,10)/b3-2+. The van der Waals surface area contributed by atoms with E-state index in [9.17, 15) is 18.0 Å². The quantitative estimate of drug-likeness (QED) is 0.602. The topological polar surface area (TPSA) is 29.1 Å². The number of hydrogen-bond donors (Lipinski definition) is 1. The first kappa shape index (κ1) is 9.00. The molecule has 58 valence electrons. The number of alkyl halides is 3. The van der Waals surface area contributed by atoms with E-state index in [4.69, 9.17) is 0 Å². The second-order valence-electron chi connectivity index (χ2n) is 1.47. The maximum absolute atomic E-state index is 11.3. The molecule has 0 radical (unpaired) electrons. The molecule has 0 aliphatic carbocycles. The van der Waals surface area contributed by atoms with Crippen molar-refractivity contribution in [2.24, 2.45) is 0 Å². The van der Waals surface area contributed by atoms with Gasteiger partial charge in [-0.25, -0.2) is 0 Å². The second-order valence-corrected chi connectivity index (χ2v) is 1.47. The minimum Gasteiger partial charge on any atom is -0.325 e. The molecule has 0 unspecified atom stereocenters. The lowest BCUT2D eigenvalue weighted by Gasteiger charge is -2.02. The van der Waals surface area contributed by atoms with E-state index in [2.05, 4.69) is 0 Å². The smallest absolute Gasteiger partial charge is 0.325 e. The predicted octanol–water partition coefficient (Wildman–Crippen LogP) is 1.20. The number of rotatable bonds is 1. The molecule has 0 saturated carbocycles. The van der Waals surface area contributed by atoms with Crippen LogP contribution in [0.4, 0.5) is 13.2 Å². The predicted molar refractivity (Wildman–Crippen MR) is 29.0 cm³/mol. The molecule has 2 nitrogen and oxygen atoms in total. The molecule has 0 aliphatic rings. The van der Waals surface area contributed by atoms with Crippen molar-refractivity contribution in [1.82, 2.24) is 5.32 Å². The van der Waals surface area contributed by atoms with E-state index in [1.165, 1.54) is 18.3 Å². The van der Waals surface area contributed by atoms with Crippen LogP contribution < -0.4 is 5.32 Å². The van der Waals surface area contributed by atoms with Gasteiger partial charge in [0, 0.05) is 0 Å². The minimum atomic E-state index is -4.79.